The zero-order chi connectivity index (χ0) is 40.0. The lowest BCUT2D eigenvalue weighted by Crippen LogP contribution is -2.53. The summed E-state index contributed by atoms with van der Waals surface area (Å²) >= 11 is 0. The SMILES string of the molecule is NC(=O)C[C@H](NC(=O)CCCCCCCC(=O)N[C@@H](CCc1ccccc1)C(=O)N[C@@H](Cc1ccccc1)C(N)=O)C(=O)N[C@@H](Cc1ccccc1)C(=O)O. The highest BCUT2D eigenvalue weighted by atomic mass is 16.4. The number of carbonyl (C=O) groups excluding carboxylic acids is 6. The van der Waals surface area contributed by atoms with Crippen LogP contribution >= 0.6 is 0 Å². The van der Waals surface area contributed by atoms with Crippen LogP contribution in [0.4, 0.5) is 0 Å². The van der Waals surface area contributed by atoms with Crippen LogP contribution in [0.1, 0.15) is 74.5 Å². The molecule has 0 saturated heterocycles. The van der Waals surface area contributed by atoms with Crippen molar-refractivity contribution >= 4 is 41.4 Å². The molecule has 0 aliphatic rings. The number of amides is 6. The quantitative estimate of drug-likeness (QED) is 0.0631. The van der Waals surface area contributed by atoms with E-state index in [0.717, 1.165) is 11.1 Å². The lowest BCUT2D eigenvalue weighted by Gasteiger charge is -2.22. The van der Waals surface area contributed by atoms with Crippen molar-refractivity contribution in [3.8, 4) is 0 Å². The maximum absolute atomic E-state index is 13.4. The van der Waals surface area contributed by atoms with Crippen molar-refractivity contribution in [2.24, 2.45) is 11.5 Å². The molecule has 55 heavy (non-hydrogen) atoms. The third kappa shape index (κ3) is 17.1. The largest absolute Gasteiger partial charge is 0.480 e. The van der Waals surface area contributed by atoms with Crippen LogP contribution < -0.4 is 32.7 Å². The van der Waals surface area contributed by atoms with Gasteiger partial charge in [-0.1, -0.05) is 110 Å². The number of primary amides is 2. The highest BCUT2D eigenvalue weighted by Gasteiger charge is 2.28. The molecule has 9 N–H and O–H groups in total. The predicted molar refractivity (Wildman–Crippen MR) is 206 cm³/mol. The van der Waals surface area contributed by atoms with Crippen LogP contribution in [0.25, 0.3) is 0 Å². The van der Waals surface area contributed by atoms with Gasteiger partial charge < -0.3 is 37.8 Å². The first-order valence-electron chi connectivity index (χ1n) is 18.5. The van der Waals surface area contributed by atoms with Crippen molar-refractivity contribution in [2.45, 2.75) is 101 Å². The second-order valence-corrected chi connectivity index (χ2v) is 13.4. The van der Waals surface area contributed by atoms with Crippen LogP contribution in [0, 0.1) is 0 Å². The molecule has 0 unspecified atom stereocenters. The first-order chi connectivity index (χ1) is 26.4. The van der Waals surface area contributed by atoms with Crippen molar-refractivity contribution in [1.82, 2.24) is 21.3 Å². The first kappa shape index (κ1) is 43.4. The molecule has 0 fully saturated rings. The van der Waals surface area contributed by atoms with Gasteiger partial charge >= 0.3 is 5.97 Å². The molecule has 0 aliphatic carbocycles. The number of aryl methyl sites for hydroxylation is 1. The summed E-state index contributed by atoms with van der Waals surface area (Å²) in [5.41, 5.74) is 13.4. The van der Waals surface area contributed by atoms with E-state index in [0.29, 0.717) is 50.5 Å². The molecule has 3 rings (SSSR count). The maximum atomic E-state index is 13.4. The van der Waals surface area contributed by atoms with Crippen molar-refractivity contribution in [2.75, 3.05) is 0 Å². The van der Waals surface area contributed by atoms with Gasteiger partial charge in [-0.3, -0.25) is 28.8 Å². The fourth-order valence-corrected chi connectivity index (χ4v) is 5.94. The summed E-state index contributed by atoms with van der Waals surface area (Å²) in [5, 5.41) is 20.1. The van der Waals surface area contributed by atoms with Gasteiger partial charge in [-0.25, -0.2) is 4.79 Å². The number of carboxylic acids is 1. The van der Waals surface area contributed by atoms with E-state index in [-0.39, 0.29) is 31.6 Å². The van der Waals surface area contributed by atoms with Crippen molar-refractivity contribution < 1.29 is 38.7 Å². The number of hydrogen-bond donors (Lipinski definition) is 7. The molecular weight excluding hydrogens is 704 g/mol. The number of nitrogens with one attached hydrogen (secondary N) is 4. The van der Waals surface area contributed by atoms with Crippen LogP contribution in [0.15, 0.2) is 91.0 Å². The number of rotatable bonds is 25. The molecule has 294 valence electrons. The number of carboxylic acid groups (broad SMARTS) is 1. The van der Waals surface area contributed by atoms with E-state index in [1.54, 1.807) is 30.3 Å². The van der Waals surface area contributed by atoms with Gasteiger partial charge in [0.25, 0.3) is 0 Å². The molecule has 0 heterocycles. The third-order valence-electron chi connectivity index (χ3n) is 8.92. The Bertz CT molecular complexity index is 1710. The second kappa shape index (κ2) is 23.6. The van der Waals surface area contributed by atoms with Crippen LogP contribution in [0.2, 0.25) is 0 Å². The molecule has 3 aromatic carbocycles. The van der Waals surface area contributed by atoms with Gasteiger partial charge in [-0.2, -0.15) is 0 Å². The van der Waals surface area contributed by atoms with Gasteiger partial charge in [0, 0.05) is 25.7 Å². The monoisotopic (exact) mass is 756 g/mol. The Hall–Kier alpha value is -6.05. The fourth-order valence-electron chi connectivity index (χ4n) is 5.94. The molecule has 6 amide bonds. The Morgan fingerprint density at radius 2 is 0.927 bits per heavy atom. The maximum Gasteiger partial charge on any atom is 0.326 e. The van der Waals surface area contributed by atoms with E-state index in [2.05, 4.69) is 21.3 Å². The number of aliphatic carboxylic acids is 1. The Morgan fingerprint density at radius 1 is 0.509 bits per heavy atom. The minimum absolute atomic E-state index is 0.0115. The van der Waals surface area contributed by atoms with Gasteiger partial charge in [0.05, 0.1) is 6.42 Å². The van der Waals surface area contributed by atoms with E-state index in [1.807, 2.05) is 60.7 Å². The lowest BCUT2D eigenvalue weighted by atomic mass is 10.0. The van der Waals surface area contributed by atoms with E-state index in [1.165, 1.54) is 0 Å². The molecule has 14 heteroatoms. The van der Waals surface area contributed by atoms with Crippen molar-refractivity contribution in [1.29, 1.82) is 0 Å². The Balaban J connectivity index is 1.43. The number of carbonyl (C=O) groups is 7. The standard InChI is InChI=1S/C41H52N6O8/c42-35(48)27-33(40(53)47-34(41(54)55)26-30-19-11-6-12-20-30)45-37(50)22-14-3-1-2-13-21-36(49)44-31(24-23-28-15-7-4-8-16-28)39(52)46-32(38(43)51)25-29-17-9-5-10-18-29/h4-12,15-20,31-34H,1-3,13-14,21-27H2,(H2,42,48)(H2,43,51)(H,44,49)(H,45,50)(H,46,52)(H,47,53)(H,54,55)/t31-,32-,33-,34-/m0/s1. The summed E-state index contributed by atoms with van der Waals surface area (Å²) in [4.78, 5) is 87.5. The topological polar surface area (TPSA) is 240 Å². The van der Waals surface area contributed by atoms with Gasteiger partial charge in [-0.05, 0) is 42.4 Å². The number of nitrogens with two attached hydrogens (primary N) is 2. The molecule has 0 radical (unpaired) electrons. The average Bonchev–Trinajstić information content (AvgIpc) is 3.16. The molecule has 14 nitrogen and oxygen atoms in total. The Labute approximate surface area is 321 Å². The molecule has 0 spiro atoms. The average molecular weight is 757 g/mol. The number of benzene rings is 3. The summed E-state index contributed by atoms with van der Waals surface area (Å²) in [6.45, 7) is 0. The zero-order valence-electron chi connectivity index (χ0n) is 30.9. The predicted octanol–water partition coefficient (Wildman–Crippen LogP) is 2.22. The Kier molecular flexibility index (Phi) is 18.6. The van der Waals surface area contributed by atoms with E-state index < -0.39 is 66.1 Å². The normalized spacial score (nSPS) is 12.9. The van der Waals surface area contributed by atoms with Crippen molar-refractivity contribution in [3.63, 3.8) is 0 Å². The highest BCUT2D eigenvalue weighted by Crippen LogP contribution is 2.11. The second-order valence-electron chi connectivity index (χ2n) is 13.4. The highest BCUT2D eigenvalue weighted by molar-refractivity contribution is 5.94. The smallest absolute Gasteiger partial charge is 0.326 e. The number of unbranched alkanes of at least 4 members (excludes halogenated alkanes) is 4. The van der Waals surface area contributed by atoms with Crippen LogP contribution in [0.3, 0.4) is 0 Å². The summed E-state index contributed by atoms with van der Waals surface area (Å²) in [6.07, 6.45) is 3.86. The first-order valence-corrected chi connectivity index (χ1v) is 18.5. The molecule has 3 aromatic rings. The van der Waals surface area contributed by atoms with E-state index in [4.69, 9.17) is 11.5 Å². The van der Waals surface area contributed by atoms with Crippen molar-refractivity contribution in [3.05, 3.63) is 108 Å². The minimum Gasteiger partial charge on any atom is -0.480 e. The molecule has 0 aliphatic heterocycles. The van der Waals surface area contributed by atoms with Gasteiger partial charge in [0.2, 0.25) is 35.4 Å². The molecule has 0 bridgehead atoms. The third-order valence-corrected chi connectivity index (χ3v) is 8.92. The van der Waals surface area contributed by atoms with Gasteiger partial charge in [-0.15, -0.1) is 0 Å². The molecule has 0 aromatic heterocycles. The van der Waals surface area contributed by atoms with Crippen LogP contribution in [-0.2, 0) is 52.8 Å². The molecular formula is C41H52N6O8. The molecule has 4 atom stereocenters. The zero-order valence-corrected chi connectivity index (χ0v) is 30.9. The lowest BCUT2D eigenvalue weighted by molar-refractivity contribution is -0.142. The van der Waals surface area contributed by atoms with Crippen LogP contribution in [0.5, 0.6) is 0 Å². The van der Waals surface area contributed by atoms with Gasteiger partial charge in [0.15, 0.2) is 0 Å². The molecule has 0 saturated carbocycles. The number of hydrogen-bond acceptors (Lipinski definition) is 7. The summed E-state index contributed by atoms with van der Waals surface area (Å²) < 4.78 is 0. The Morgan fingerprint density at radius 3 is 1.40 bits per heavy atom. The fraction of sp³-hybridized carbons (Fsp3) is 0.390. The summed E-state index contributed by atoms with van der Waals surface area (Å²) in [6, 6.07) is 23.0. The summed E-state index contributed by atoms with van der Waals surface area (Å²) in [5.74, 6) is -4.89. The minimum atomic E-state index is -1.33. The summed E-state index contributed by atoms with van der Waals surface area (Å²) in [7, 11) is 0. The van der Waals surface area contributed by atoms with E-state index in [9.17, 15) is 38.7 Å². The van der Waals surface area contributed by atoms with E-state index >= 15 is 0 Å². The van der Waals surface area contributed by atoms with Crippen LogP contribution in [-0.4, -0.2) is 70.7 Å². The van der Waals surface area contributed by atoms with Gasteiger partial charge in [0.1, 0.15) is 24.2 Å².